The first-order chi connectivity index (χ1) is 17.9. The van der Waals surface area contributed by atoms with Crippen LogP contribution in [0.1, 0.15) is 17.5 Å². The van der Waals surface area contributed by atoms with Gasteiger partial charge in [0.05, 0.1) is 13.0 Å². The molecule has 38 heavy (non-hydrogen) atoms. The molecule has 2 heterocycles. The van der Waals surface area contributed by atoms with Crippen molar-refractivity contribution in [1.82, 2.24) is 4.90 Å². The molecule has 4 atom stereocenters. The Kier molecular flexibility index (Phi) is 8.01. The standard InChI is InChI=1S/C25H26F2NO9P/c1-15-3-7-18(8-4-15)36-38(33,37-19-9-5-16(2)6-10-19)34-14-25(24(26)27)22(32)21(31)23(35-25)28-12-11-17(29)13-20(28)30/h3-12,21-24,31-32H,13-14H2,1-2H3/t21-,22-,23-,25-/m1/s1. The number of carbonyl (C=O) groups is 2. The fourth-order valence-corrected chi connectivity index (χ4v) is 5.14. The van der Waals surface area contributed by atoms with E-state index in [2.05, 4.69) is 0 Å². The number of halogens is 2. The molecular formula is C25H26F2NO9P. The molecule has 0 radical (unpaired) electrons. The van der Waals surface area contributed by atoms with E-state index in [9.17, 15) is 33.1 Å². The van der Waals surface area contributed by atoms with Crippen LogP contribution < -0.4 is 9.05 Å². The number of hydrogen-bond acceptors (Lipinski definition) is 9. The van der Waals surface area contributed by atoms with Crippen LogP contribution in [0, 0.1) is 13.8 Å². The molecule has 10 nitrogen and oxygen atoms in total. The van der Waals surface area contributed by atoms with Gasteiger partial charge in [-0.25, -0.2) is 13.3 Å². The summed E-state index contributed by atoms with van der Waals surface area (Å²) in [6, 6.07) is 12.5. The Bertz CT molecular complexity index is 1200. The van der Waals surface area contributed by atoms with E-state index in [-0.39, 0.29) is 11.5 Å². The van der Waals surface area contributed by atoms with Gasteiger partial charge in [0.2, 0.25) is 5.91 Å². The van der Waals surface area contributed by atoms with Crippen molar-refractivity contribution >= 4 is 19.5 Å². The SMILES string of the molecule is Cc1ccc(OP(=O)(OC[C@@]2(C(F)F)O[C@@H](N3C=CC(=O)CC3=O)[C@H](O)[C@H]2O)Oc2ccc(C)cc2)cc1. The van der Waals surface area contributed by atoms with Crippen LogP contribution in [0.3, 0.4) is 0 Å². The number of aryl methyl sites for hydroxylation is 2. The van der Waals surface area contributed by atoms with E-state index < -0.39 is 63.0 Å². The molecule has 0 aromatic heterocycles. The van der Waals surface area contributed by atoms with E-state index in [1.807, 2.05) is 13.8 Å². The van der Waals surface area contributed by atoms with Crippen molar-refractivity contribution in [2.24, 2.45) is 0 Å². The average molecular weight is 553 g/mol. The van der Waals surface area contributed by atoms with Crippen molar-refractivity contribution in [3.63, 3.8) is 0 Å². The first-order valence-electron chi connectivity index (χ1n) is 11.5. The van der Waals surface area contributed by atoms with Crippen molar-refractivity contribution in [3.05, 3.63) is 71.9 Å². The molecule has 0 bridgehead atoms. The maximum Gasteiger partial charge on any atom is 0.587 e. The van der Waals surface area contributed by atoms with Crippen LogP contribution in [0.4, 0.5) is 8.78 Å². The summed E-state index contributed by atoms with van der Waals surface area (Å²) in [5.41, 5.74) is -1.19. The number of hydrogen-bond donors (Lipinski definition) is 2. The number of alkyl halides is 2. The van der Waals surface area contributed by atoms with E-state index in [0.717, 1.165) is 28.3 Å². The molecule has 0 aliphatic carbocycles. The summed E-state index contributed by atoms with van der Waals surface area (Å²) in [7, 11) is -4.69. The highest BCUT2D eigenvalue weighted by molar-refractivity contribution is 7.49. The predicted molar refractivity (Wildman–Crippen MR) is 128 cm³/mol. The Morgan fingerprint density at radius 3 is 2.03 bits per heavy atom. The number of rotatable bonds is 9. The van der Waals surface area contributed by atoms with Crippen molar-refractivity contribution in [2.75, 3.05) is 6.61 Å². The van der Waals surface area contributed by atoms with Gasteiger partial charge in [-0.15, -0.1) is 0 Å². The molecule has 4 rings (SSSR count). The summed E-state index contributed by atoms with van der Waals surface area (Å²) in [5.74, 6) is -1.24. The number of ketones is 1. The Morgan fingerprint density at radius 1 is 1.03 bits per heavy atom. The number of amides is 1. The molecule has 1 amide bonds. The normalized spacial score (nSPS) is 25.8. The number of aliphatic hydroxyl groups is 2. The van der Waals surface area contributed by atoms with Crippen LogP contribution in [0.5, 0.6) is 11.5 Å². The Labute approximate surface area is 217 Å². The van der Waals surface area contributed by atoms with Gasteiger partial charge in [-0.1, -0.05) is 35.4 Å². The van der Waals surface area contributed by atoms with Crippen molar-refractivity contribution in [2.45, 2.75) is 50.7 Å². The van der Waals surface area contributed by atoms with E-state index in [1.54, 1.807) is 24.3 Å². The van der Waals surface area contributed by atoms with Crippen LogP contribution in [-0.4, -0.2) is 63.9 Å². The van der Waals surface area contributed by atoms with Gasteiger partial charge in [0, 0.05) is 6.20 Å². The van der Waals surface area contributed by atoms with Crippen LogP contribution in [0.25, 0.3) is 0 Å². The lowest BCUT2D eigenvalue weighted by atomic mass is 9.96. The molecule has 2 aromatic carbocycles. The zero-order valence-electron chi connectivity index (χ0n) is 20.4. The third-order valence-electron chi connectivity index (χ3n) is 6.06. The molecule has 13 heteroatoms. The molecule has 2 aliphatic rings. The minimum Gasteiger partial charge on any atom is -0.395 e. The Balaban J connectivity index is 1.61. The van der Waals surface area contributed by atoms with Crippen molar-refractivity contribution in [3.8, 4) is 11.5 Å². The molecule has 0 unspecified atom stereocenters. The average Bonchev–Trinajstić information content (AvgIpc) is 3.12. The second kappa shape index (κ2) is 10.9. The fourth-order valence-electron chi connectivity index (χ4n) is 3.87. The van der Waals surface area contributed by atoms with Gasteiger partial charge < -0.3 is 24.0 Å². The van der Waals surface area contributed by atoms with Gasteiger partial charge >= 0.3 is 7.82 Å². The summed E-state index contributed by atoms with van der Waals surface area (Å²) in [4.78, 5) is 24.5. The fraction of sp³-hybridized carbons (Fsp3) is 0.360. The molecule has 1 saturated heterocycles. The van der Waals surface area contributed by atoms with Crippen LogP contribution >= 0.6 is 7.82 Å². The number of phosphoric acid groups is 1. The topological polar surface area (TPSA) is 132 Å². The van der Waals surface area contributed by atoms with Gasteiger partial charge in [-0.2, -0.15) is 0 Å². The minimum atomic E-state index is -4.69. The summed E-state index contributed by atoms with van der Waals surface area (Å²) in [6.07, 6.45) is -8.11. The van der Waals surface area contributed by atoms with Gasteiger partial charge in [0.25, 0.3) is 6.43 Å². The van der Waals surface area contributed by atoms with E-state index in [1.165, 1.54) is 24.3 Å². The molecule has 0 saturated carbocycles. The maximum absolute atomic E-state index is 14.4. The molecule has 2 aromatic rings. The first-order valence-corrected chi connectivity index (χ1v) is 13.0. The number of benzene rings is 2. The number of aliphatic hydroxyl groups excluding tert-OH is 2. The van der Waals surface area contributed by atoms with Crippen LogP contribution in [0.2, 0.25) is 0 Å². The maximum atomic E-state index is 14.4. The second-order valence-electron chi connectivity index (χ2n) is 8.99. The molecular weight excluding hydrogens is 527 g/mol. The number of ether oxygens (including phenoxy) is 1. The molecule has 0 spiro atoms. The largest absolute Gasteiger partial charge is 0.587 e. The van der Waals surface area contributed by atoms with Crippen molar-refractivity contribution < 1.29 is 51.5 Å². The Hall–Kier alpha value is -3.15. The first kappa shape index (κ1) is 27.9. The third-order valence-corrected chi connectivity index (χ3v) is 7.37. The quantitative estimate of drug-likeness (QED) is 0.355. The highest BCUT2D eigenvalue weighted by atomic mass is 31.2. The summed E-state index contributed by atoms with van der Waals surface area (Å²) in [5, 5.41) is 21.1. The second-order valence-corrected chi connectivity index (χ2v) is 10.5. The van der Waals surface area contributed by atoms with E-state index >= 15 is 0 Å². The highest BCUT2D eigenvalue weighted by Crippen LogP contribution is 2.52. The van der Waals surface area contributed by atoms with Gasteiger partial charge in [-0.3, -0.25) is 19.0 Å². The predicted octanol–water partition coefficient (Wildman–Crippen LogP) is 3.28. The van der Waals surface area contributed by atoms with Crippen molar-refractivity contribution in [1.29, 1.82) is 0 Å². The molecule has 1 fully saturated rings. The molecule has 204 valence electrons. The number of allylic oxidation sites excluding steroid dienone is 1. The minimum absolute atomic E-state index is 0.0525. The van der Waals surface area contributed by atoms with E-state index in [4.69, 9.17) is 18.3 Å². The molecule has 2 aliphatic heterocycles. The zero-order valence-corrected chi connectivity index (χ0v) is 21.3. The van der Waals surface area contributed by atoms with E-state index in [0.29, 0.717) is 0 Å². The van der Waals surface area contributed by atoms with Gasteiger partial charge in [0.1, 0.15) is 23.7 Å². The molecule has 2 N–H and O–H groups in total. The lowest BCUT2D eigenvalue weighted by Crippen LogP contribution is -2.52. The number of phosphoric ester groups is 1. The lowest BCUT2D eigenvalue weighted by molar-refractivity contribution is -0.200. The third kappa shape index (κ3) is 5.79. The zero-order chi connectivity index (χ0) is 27.7. The summed E-state index contributed by atoms with van der Waals surface area (Å²) < 4.78 is 64.1. The van der Waals surface area contributed by atoms with Gasteiger partial charge in [-0.05, 0) is 44.2 Å². The summed E-state index contributed by atoms with van der Waals surface area (Å²) >= 11 is 0. The monoisotopic (exact) mass is 553 g/mol. The highest BCUT2D eigenvalue weighted by Gasteiger charge is 2.62. The number of nitrogens with zero attached hydrogens (tertiary/aromatic N) is 1. The van der Waals surface area contributed by atoms with Crippen LogP contribution in [-0.2, 0) is 23.4 Å². The lowest BCUT2D eigenvalue weighted by Gasteiger charge is -2.33. The number of carbonyl (C=O) groups excluding carboxylic acids is 2. The summed E-state index contributed by atoms with van der Waals surface area (Å²) in [6.45, 7) is 2.38. The van der Waals surface area contributed by atoms with Crippen LogP contribution in [0.15, 0.2) is 60.8 Å². The smallest absolute Gasteiger partial charge is 0.395 e. The van der Waals surface area contributed by atoms with Gasteiger partial charge in [0.15, 0.2) is 17.6 Å². The Morgan fingerprint density at radius 2 is 1.55 bits per heavy atom.